The molecule has 5 rings (SSSR count). The topological polar surface area (TPSA) is 118 Å². The van der Waals surface area contributed by atoms with E-state index >= 15 is 0 Å². The van der Waals surface area contributed by atoms with Gasteiger partial charge in [-0.05, 0) is 55.8 Å². The van der Waals surface area contributed by atoms with Crippen LogP contribution in [0.1, 0.15) is 28.7 Å². The maximum absolute atomic E-state index is 13.7. The van der Waals surface area contributed by atoms with Crippen molar-refractivity contribution in [3.8, 4) is 0 Å². The van der Waals surface area contributed by atoms with Gasteiger partial charge in [-0.15, -0.1) is 0 Å². The fraction of sp³-hybridized carbons (Fsp3) is 0.160. The lowest BCUT2D eigenvalue weighted by molar-refractivity contribution is -0.132. The fourth-order valence-electron chi connectivity index (χ4n) is 4.23. The summed E-state index contributed by atoms with van der Waals surface area (Å²) in [6.07, 6.45) is 1.09. The number of nitrogens with zero attached hydrogens (tertiary/aromatic N) is 2. The van der Waals surface area contributed by atoms with E-state index in [9.17, 15) is 27.5 Å². The second-order valence-electron chi connectivity index (χ2n) is 8.45. The SMILES string of the molecule is Cc1cc(/C(O)=C2\C(=O)C(=O)N(c3nc4ccc(S(C)(=O)=O)cc4s3)C2c2ccc(F)cc2)c(C)o1. The number of thiazole rings is 1. The van der Waals surface area contributed by atoms with Gasteiger partial charge in [0.05, 0.1) is 32.3 Å². The Bertz CT molecular complexity index is 1700. The van der Waals surface area contributed by atoms with Crippen LogP contribution in [-0.4, -0.2) is 36.5 Å². The number of aryl methyl sites for hydroxylation is 2. The van der Waals surface area contributed by atoms with Gasteiger partial charge in [0.1, 0.15) is 23.1 Å². The molecule has 0 saturated carbocycles. The van der Waals surface area contributed by atoms with Crippen LogP contribution in [0.2, 0.25) is 0 Å². The first-order valence-corrected chi connectivity index (χ1v) is 13.4. The molecule has 1 saturated heterocycles. The third-order valence-corrected chi connectivity index (χ3v) is 8.04. The van der Waals surface area contributed by atoms with Crippen LogP contribution in [0.5, 0.6) is 0 Å². The van der Waals surface area contributed by atoms with Crippen LogP contribution in [-0.2, 0) is 19.4 Å². The Morgan fingerprint density at radius 3 is 2.42 bits per heavy atom. The van der Waals surface area contributed by atoms with Crippen LogP contribution in [0.25, 0.3) is 16.0 Å². The number of anilines is 1. The number of fused-ring (bicyclic) bond motifs is 1. The number of halogens is 1. The maximum atomic E-state index is 13.7. The Balaban J connectivity index is 1.73. The number of aliphatic hydroxyl groups is 1. The molecule has 1 atom stereocenters. The summed E-state index contributed by atoms with van der Waals surface area (Å²) in [7, 11) is -3.47. The van der Waals surface area contributed by atoms with Crippen molar-refractivity contribution < 1.29 is 31.9 Å². The predicted molar refractivity (Wildman–Crippen MR) is 132 cm³/mol. The number of carbonyl (C=O) groups is 2. The molecule has 0 aliphatic carbocycles. The van der Waals surface area contributed by atoms with Crippen LogP contribution < -0.4 is 4.90 Å². The number of ketones is 1. The molecular formula is C25H19FN2O6S2. The van der Waals surface area contributed by atoms with E-state index < -0.39 is 39.1 Å². The number of furan rings is 1. The second-order valence-corrected chi connectivity index (χ2v) is 11.5. The summed E-state index contributed by atoms with van der Waals surface area (Å²) in [6.45, 7) is 3.31. The van der Waals surface area contributed by atoms with E-state index in [0.717, 1.165) is 22.5 Å². The number of carbonyl (C=O) groups excluding carboxylic acids is 2. The zero-order valence-corrected chi connectivity index (χ0v) is 20.9. The molecular weight excluding hydrogens is 507 g/mol. The number of benzene rings is 2. The number of hydrogen-bond acceptors (Lipinski definition) is 8. The molecule has 4 aromatic rings. The highest BCUT2D eigenvalue weighted by molar-refractivity contribution is 7.90. The van der Waals surface area contributed by atoms with E-state index in [1.807, 2.05) is 0 Å². The molecule has 184 valence electrons. The summed E-state index contributed by atoms with van der Waals surface area (Å²) in [5.74, 6) is -1.91. The van der Waals surface area contributed by atoms with Crippen molar-refractivity contribution >= 4 is 54.0 Å². The lowest BCUT2D eigenvalue weighted by atomic mass is 9.95. The number of Topliss-reactive ketones (excluding diaryl/α,β-unsaturated/α-hetero) is 1. The highest BCUT2D eigenvalue weighted by atomic mass is 32.2. The summed E-state index contributed by atoms with van der Waals surface area (Å²) in [4.78, 5) is 32.3. The van der Waals surface area contributed by atoms with E-state index in [-0.39, 0.29) is 21.2 Å². The first kappa shape index (κ1) is 23.9. The van der Waals surface area contributed by atoms with Gasteiger partial charge in [-0.25, -0.2) is 17.8 Å². The first-order valence-electron chi connectivity index (χ1n) is 10.7. The normalized spacial score (nSPS) is 17.9. The van der Waals surface area contributed by atoms with Crippen LogP contribution in [0, 0.1) is 19.7 Å². The van der Waals surface area contributed by atoms with Crippen molar-refractivity contribution in [1.29, 1.82) is 0 Å². The molecule has 11 heteroatoms. The van der Waals surface area contributed by atoms with Crippen molar-refractivity contribution in [2.24, 2.45) is 0 Å². The third kappa shape index (κ3) is 3.90. The van der Waals surface area contributed by atoms with Gasteiger partial charge in [-0.3, -0.25) is 14.5 Å². The molecule has 36 heavy (non-hydrogen) atoms. The molecule has 1 amide bonds. The predicted octanol–water partition coefficient (Wildman–Crippen LogP) is 4.68. The largest absolute Gasteiger partial charge is 0.507 e. The Morgan fingerprint density at radius 1 is 1.11 bits per heavy atom. The van der Waals surface area contributed by atoms with Crippen molar-refractivity contribution in [3.63, 3.8) is 0 Å². The molecule has 2 aromatic carbocycles. The molecule has 0 bridgehead atoms. The molecule has 8 nitrogen and oxygen atoms in total. The van der Waals surface area contributed by atoms with Crippen LogP contribution in [0.3, 0.4) is 0 Å². The van der Waals surface area contributed by atoms with Crippen molar-refractivity contribution in [3.05, 3.63) is 82.6 Å². The van der Waals surface area contributed by atoms with E-state index in [4.69, 9.17) is 4.42 Å². The van der Waals surface area contributed by atoms with Gasteiger partial charge in [-0.1, -0.05) is 23.5 Å². The standard InChI is InChI=1S/C25H19FN2O6S2/c1-12-10-17(13(2)34-12)22(29)20-21(14-4-6-15(26)7-5-14)28(24(31)23(20)30)25-27-18-9-8-16(36(3,32)33)11-19(18)35-25/h4-11,21,29H,1-3H3/b22-20+. The minimum atomic E-state index is -3.47. The zero-order chi connectivity index (χ0) is 25.9. The third-order valence-electron chi connectivity index (χ3n) is 5.91. The zero-order valence-electron chi connectivity index (χ0n) is 19.3. The monoisotopic (exact) mass is 526 g/mol. The van der Waals surface area contributed by atoms with E-state index in [1.165, 1.54) is 42.5 Å². The highest BCUT2D eigenvalue weighted by Gasteiger charge is 2.48. The minimum absolute atomic E-state index is 0.0909. The minimum Gasteiger partial charge on any atom is -0.507 e. The second kappa shape index (κ2) is 8.38. The van der Waals surface area contributed by atoms with Gasteiger partial charge in [0, 0.05) is 6.26 Å². The lowest BCUT2D eigenvalue weighted by Crippen LogP contribution is -2.29. The number of aromatic nitrogens is 1. The van der Waals surface area contributed by atoms with Gasteiger partial charge >= 0.3 is 5.91 Å². The molecule has 3 heterocycles. The quantitative estimate of drug-likeness (QED) is 0.233. The Labute approximate surface area is 209 Å². The molecule has 1 aliphatic heterocycles. The van der Waals surface area contributed by atoms with E-state index in [0.29, 0.717) is 27.3 Å². The fourth-order valence-corrected chi connectivity index (χ4v) is 5.98. The number of amides is 1. The molecule has 1 N–H and O–H groups in total. The Hall–Kier alpha value is -3.83. The summed E-state index contributed by atoms with van der Waals surface area (Å²) >= 11 is 1.03. The highest BCUT2D eigenvalue weighted by Crippen LogP contribution is 2.45. The maximum Gasteiger partial charge on any atom is 0.301 e. The Morgan fingerprint density at radius 2 is 1.81 bits per heavy atom. The van der Waals surface area contributed by atoms with Crippen molar-refractivity contribution in [1.82, 2.24) is 4.98 Å². The molecule has 1 aliphatic rings. The Kier molecular flexibility index (Phi) is 5.56. The molecule has 0 radical (unpaired) electrons. The lowest BCUT2D eigenvalue weighted by Gasteiger charge is -2.22. The number of sulfone groups is 1. The molecule has 1 unspecified atom stereocenters. The number of rotatable bonds is 4. The number of aliphatic hydroxyl groups excluding tert-OH is 1. The first-order chi connectivity index (χ1) is 17.0. The van der Waals surface area contributed by atoms with Crippen LogP contribution in [0.4, 0.5) is 9.52 Å². The molecule has 0 spiro atoms. The van der Waals surface area contributed by atoms with Gasteiger partial charge in [0.25, 0.3) is 5.78 Å². The number of hydrogen-bond donors (Lipinski definition) is 1. The smallest absolute Gasteiger partial charge is 0.301 e. The summed E-state index contributed by atoms with van der Waals surface area (Å²) in [5.41, 5.74) is 0.890. The summed E-state index contributed by atoms with van der Waals surface area (Å²) < 4.78 is 43.7. The van der Waals surface area contributed by atoms with Gasteiger partial charge < -0.3 is 9.52 Å². The van der Waals surface area contributed by atoms with Crippen molar-refractivity contribution in [2.45, 2.75) is 24.8 Å². The molecule has 1 fully saturated rings. The van der Waals surface area contributed by atoms with Crippen LogP contribution in [0.15, 0.2) is 63.4 Å². The summed E-state index contributed by atoms with van der Waals surface area (Å²) in [5, 5.41) is 11.3. The molecule has 2 aromatic heterocycles. The van der Waals surface area contributed by atoms with E-state index in [1.54, 1.807) is 19.9 Å². The van der Waals surface area contributed by atoms with Gasteiger partial charge in [0.2, 0.25) is 0 Å². The van der Waals surface area contributed by atoms with Crippen molar-refractivity contribution in [2.75, 3.05) is 11.2 Å². The van der Waals surface area contributed by atoms with Gasteiger partial charge in [0.15, 0.2) is 15.0 Å². The van der Waals surface area contributed by atoms with Gasteiger partial charge in [-0.2, -0.15) is 0 Å². The average Bonchev–Trinajstić information content (AvgIpc) is 3.46. The average molecular weight is 527 g/mol. The summed E-state index contributed by atoms with van der Waals surface area (Å²) in [6, 6.07) is 10.1. The van der Waals surface area contributed by atoms with Crippen LogP contribution >= 0.6 is 11.3 Å². The van der Waals surface area contributed by atoms with E-state index in [2.05, 4.69) is 4.98 Å².